The smallest absolute Gasteiger partial charge is 0.240 e. The summed E-state index contributed by atoms with van der Waals surface area (Å²) < 4.78 is 17.1. The minimum Gasteiger partial charge on any atom is -0.371 e. The first-order chi connectivity index (χ1) is 12.4. The van der Waals surface area contributed by atoms with Crippen LogP contribution in [0.3, 0.4) is 0 Å². The molecular formula is C19H26ClN3O3. The van der Waals surface area contributed by atoms with E-state index in [1.807, 2.05) is 38.1 Å². The van der Waals surface area contributed by atoms with Crippen molar-refractivity contribution in [3.63, 3.8) is 0 Å². The fourth-order valence-corrected chi connectivity index (χ4v) is 3.34. The van der Waals surface area contributed by atoms with E-state index >= 15 is 0 Å². The highest BCUT2D eigenvalue weighted by atomic mass is 35.5. The zero-order chi connectivity index (χ0) is 18.7. The summed E-state index contributed by atoms with van der Waals surface area (Å²) in [6.07, 6.45) is -0.257. The lowest BCUT2D eigenvalue weighted by Crippen LogP contribution is -2.53. The molecule has 3 rings (SSSR count). The van der Waals surface area contributed by atoms with Gasteiger partial charge in [-0.2, -0.15) is 4.98 Å². The fraction of sp³-hybridized carbons (Fsp3) is 0.579. The Hall–Kier alpha value is -1.47. The Morgan fingerprint density at radius 3 is 2.88 bits per heavy atom. The van der Waals surface area contributed by atoms with E-state index in [1.165, 1.54) is 0 Å². The van der Waals surface area contributed by atoms with E-state index in [-0.39, 0.29) is 17.7 Å². The van der Waals surface area contributed by atoms with E-state index < -0.39 is 0 Å². The summed E-state index contributed by atoms with van der Waals surface area (Å²) >= 11 is 6.35. The van der Waals surface area contributed by atoms with Crippen molar-refractivity contribution in [2.24, 2.45) is 0 Å². The fourth-order valence-electron chi connectivity index (χ4n) is 3.08. The number of morpholine rings is 1. The number of aromatic nitrogens is 2. The quantitative estimate of drug-likeness (QED) is 0.750. The summed E-state index contributed by atoms with van der Waals surface area (Å²) in [7, 11) is 0. The van der Waals surface area contributed by atoms with Crippen LogP contribution in [0.5, 0.6) is 0 Å². The summed E-state index contributed by atoms with van der Waals surface area (Å²) in [6.45, 7) is 10.6. The van der Waals surface area contributed by atoms with Gasteiger partial charge in [0, 0.05) is 29.3 Å². The van der Waals surface area contributed by atoms with Gasteiger partial charge in [-0.05, 0) is 33.8 Å². The van der Waals surface area contributed by atoms with Crippen molar-refractivity contribution >= 4 is 11.6 Å². The molecule has 1 aliphatic rings. The number of hydrogen-bond donors (Lipinski definition) is 0. The zero-order valence-electron chi connectivity index (χ0n) is 15.7. The predicted molar refractivity (Wildman–Crippen MR) is 99.0 cm³/mol. The Bertz CT molecular complexity index is 734. The molecule has 0 N–H and O–H groups in total. The molecule has 6 nitrogen and oxygen atoms in total. The van der Waals surface area contributed by atoms with Gasteiger partial charge in [0.05, 0.1) is 19.3 Å². The molecule has 2 aromatic rings. The van der Waals surface area contributed by atoms with Gasteiger partial charge in [0.1, 0.15) is 6.10 Å². The molecule has 26 heavy (non-hydrogen) atoms. The van der Waals surface area contributed by atoms with E-state index in [9.17, 15) is 0 Å². The standard InChI is InChI=1S/C19H26ClN3O3/c1-5-24-13(2)18-21-17(26-22-18)11-23-10-16(25-12-19(23,3)4)14-8-6-7-9-15(14)20/h6-9,13,16H,5,10-12H2,1-4H3/t13-,16-/m1/s1. The highest BCUT2D eigenvalue weighted by Gasteiger charge is 2.37. The maximum Gasteiger partial charge on any atom is 0.240 e. The molecule has 0 amide bonds. The molecule has 0 aliphatic carbocycles. The third-order valence-corrected chi connectivity index (χ3v) is 5.07. The van der Waals surface area contributed by atoms with Gasteiger partial charge in [-0.25, -0.2) is 0 Å². The molecule has 142 valence electrons. The second kappa shape index (κ2) is 8.05. The first-order valence-corrected chi connectivity index (χ1v) is 9.33. The summed E-state index contributed by atoms with van der Waals surface area (Å²) in [5.74, 6) is 1.16. The van der Waals surface area contributed by atoms with E-state index in [0.29, 0.717) is 38.0 Å². The second-order valence-corrected chi connectivity index (χ2v) is 7.57. The number of nitrogens with zero attached hydrogens (tertiary/aromatic N) is 3. The van der Waals surface area contributed by atoms with Crippen molar-refractivity contribution in [1.82, 2.24) is 15.0 Å². The van der Waals surface area contributed by atoms with Crippen LogP contribution in [0.15, 0.2) is 28.8 Å². The highest BCUT2D eigenvalue weighted by molar-refractivity contribution is 6.31. The molecule has 0 saturated carbocycles. The van der Waals surface area contributed by atoms with Crippen molar-refractivity contribution in [3.05, 3.63) is 46.6 Å². The lowest BCUT2D eigenvalue weighted by Gasteiger charge is -2.45. The molecular weight excluding hydrogens is 354 g/mol. The highest BCUT2D eigenvalue weighted by Crippen LogP contribution is 2.34. The van der Waals surface area contributed by atoms with Crippen molar-refractivity contribution in [1.29, 1.82) is 0 Å². The van der Waals surface area contributed by atoms with Crippen LogP contribution >= 0.6 is 11.6 Å². The summed E-state index contributed by atoms with van der Waals surface area (Å²) in [4.78, 5) is 6.79. The van der Waals surface area contributed by atoms with Crippen LogP contribution in [-0.4, -0.2) is 40.3 Å². The van der Waals surface area contributed by atoms with Gasteiger partial charge in [-0.15, -0.1) is 0 Å². The molecule has 1 aromatic carbocycles. The van der Waals surface area contributed by atoms with Crippen LogP contribution in [0.1, 0.15) is 57.2 Å². The van der Waals surface area contributed by atoms with Gasteiger partial charge >= 0.3 is 0 Å². The number of halogens is 1. The predicted octanol–water partition coefficient (Wildman–Crippen LogP) is 4.17. The van der Waals surface area contributed by atoms with Gasteiger partial charge in [0.15, 0.2) is 5.82 Å². The van der Waals surface area contributed by atoms with Crippen molar-refractivity contribution in [2.75, 3.05) is 19.8 Å². The molecule has 0 bridgehead atoms. The second-order valence-electron chi connectivity index (χ2n) is 7.16. The van der Waals surface area contributed by atoms with Gasteiger partial charge in [-0.1, -0.05) is 35.0 Å². The van der Waals surface area contributed by atoms with E-state index in [1.54, 1.807) is 0 Å². The van der Waals surface area contributed by atoms with Crippen LogP contribution in [0.2, 0.25) is 5.02 Å². The Balaban J connectivity index is 1.73. The Kier molecular flexibility index (Phi) is 5.97. The van der Waals surface area contributed by atoms with Gasteiger partial charge in [0.25, 0.3) is 0 Å². The van der Waals surface area contributed by atoms with Gasteiger partial charge in [-0.3, -0.25) is 4.90 Å². The molecule has 1 aliphatic heterocycles. The Morgan fingerprint density at radius 1 is 1.38 bits per heavy atom. The van der Waals surface area contributed by atoms with Crippen LogP contribution in [0.25, 0.3) is 0 Å². The summed E-state index contributed by atoms with van der Waals surface area (Å²) in [6, 6.07) is 7.81. The molecule has 2 atom stereocenters. The lowest BCUT2D eigenvalue weighted by atomic mass is 9.98. The maximum absolute atomic E-state index is 6.35. The van der Waals surface area contributed by atoms with E-state index in [4.69, 9.17) is 25.6 Å². The van der Waals surface area contributed by atoms with Crippen molar-refractivity contribution in [2.45, 2.75) is 52.0 Å². The number of benzene rings is 1. The Labute approximate surface area is 159 Å². The monoisotopic (exact) mass is 379 g/mol. The zero-order valence-corrected chi connectivity index (χ0v) is 16.5. The third kappa shape index (κ3) is 4.26. The van der Waals surface area contributed by atoms with Crippen molar-refractivity contribution in [3.8, 4) is 0 Å². The minimum atomic E-state index is -0.175. The van der Waals surface area contributed by atoms with Crippen LogP contribution in [0, 0.1) is 0 Å². The molecule has 0 radical (unpaired) electrons. The first kappa shape index (κ1) is 19.3. The molecule has 1 saturated heterocycles. The molecule has 0 spiro atoms. The number of rotatable bonds is 6. The topological polar surface area (TPSA) is 60.6 Å². The average molecular weight is 380 g/mol. The lowest BCUT2D eigenvalue weighted by molar-refractivity contribution is -0.107. The molecule has 1 fully saturated rings. The number of hydrogen-bond acceptors (Lipinski definition) is 6. The summed E-state index contributed by atoms with van der Waals surface area (Å²) in [5.41, 5.74) is 0.864. The SMILES string of the molecule is CCO[C@H](C)c1noc(CN2C[C@H](c3ccccc3Cl)OCC2(C)C)n1. The van der Waals surface area contributed by atoms with Crippen LogP contribution in [-0.2, 0) is 16.0 Å². The minimum absolute atomic E-state index is 0.0820. The average Bonchev–Trinajstić information content (AvgIpc) is 3.06. The molecule has 2 heterocycles. The van der Waals surface area contributed by atoms with Gasteiger partial charge in [0.2, 0.25) is 5.89 Å². The molecule has 0 unspecified atom stereocenters. The normalized spacial score (nSPS) is 21.7. The van der Waals surface area contributed by atoms with E-state index in [0.717, 1.165) is 10.6 Å². The van der Waals surface area contributed by atoms with E-state index in [2.05, 4.69) is 28.9 Å². The van der Waals surface area contributed by atoms with Crippen LogP contribution < -0.4 is 0 Å². The van der Waals surface area contributed by atoms with Crippen molar-refractivity contribution < 1.29 is 14.0 Å². The largest absolute Gasteiger partial charge is 0.371 e. The Morgan fingerprint density at radius 2 is 2.15 bits per heavy atom. The molecule has 7 heteroatoms. The number of ether oxygens (including phenoxy) is 2. The first-order valence-electron chi connectivity index (χ1n) is 8.96. The maximum atomic E-state index is 6.35. The molecule has 1 aromatic heterocycles. The van der Waals surface area contributed by atoms with Gasteiger partial charge < -0.3 is 14.0 Å². The third-order valence-electron chi connectivity index (χ3n) is 4.72. The summed E-state index contributed by atoms with van der Waals surface area (Å²) in [5, 5.41) is 4.77. The van der Waals surface area contributed by atoms with Crippen LogP contribution in [0.4, 0.5) is 0 Å².